The highest BCUT2D eigenvalue weighted by Crippen LogP contribution is 2.16. The van der Waals surface area contributed by atoms with E-state index in [0.29, 0.717) is 18.1 Å². The molecule has 2 heterocycles. The van der Waals surface area contributed by atoms with Gasteiger partial charge in [-0.1, -0.05) is 5.22 Å². The van der Waals surface area contributed by atoms with E-state index >= 15 is 0 Å². The lowest BCUT2D eigenvalue weighted by atomic mass is 10.2. The van der Waals surface area contributed by atoms with E-state index in [1.54, 1.807) is 6.20 Å². The Kier molecular flexibility index (Phi) is 2.81. The van der Waals surface area contributed by atoms with Crippen LogP contribution in [0.2, 0.25) is 0 Å². The van der Waals surface area contributed by atoms with E-state index in [1.807, 2.05) is 18.2 Å². The standard InChI is InChI=1S/C11H10N8/c12-10-4-11(17-16-10)18-19-15-8-1-2-9-7(3-8)5-13-6-14-9/h1-3,5-6H,4H2,(H2,12,16)(H,15,17,18). The van der Waals surface area contributed by atoms with E-state index in [-0.39, 0.29) is 0 Å². The van der Waals surface area contributed by atoms with Crippen LogP contribution in [0.5, 0.6) is 0 Å². The molecule has 0 radical (unpaired) electrons. The molecule has 3 N–H and O–H groups in total. The summed E-state index contributed by atoms with van der Waals surface area (Å²) in [5, 5.41) is 16.1. The number of anilines is 1. The molecule has 0 fully saturated rings. The topological polar surface area (TPSA) is 113 Å². The Balaban J connectivity index is 1.70. The first-order chi connectivity index (χ1) is 9.31. The van der Waals surface area contributed by atoms with Crippen LogP contribution in [0.1, 0.15) is 6.42 Å². The lowest BCUT2D eigenvalue weighted by Crippen LogP contribution is -2.10. The maximum atomic E-state index is 5.47. The summed E-state index contributed by atoms with van der Waals surface area (Å²) in [7, 11) is 0. The van der Waals surface area contributed by atoms with Crippen molar-refractivity contribution in [2.45, 2.75) is 6.42 Å². The zero-order valence-corrected chi connectivity index (χ0v) is 9.85. The van der Waals surface area contributed by atoms with Gasteiger partial charge in [-0.25, -0.2) is 9.97 Å². The van der Waals surface area contributed by atoms with Crippen LogP contribution < -0.4 is 11.2 Å². The van der Waals surface area contributed by atoms with Crippen LogP contribution >= 0.6 is 0 Å². The molecule has 0 saturated heterocycles. The van der Waals surface area contributed by atoms with Crippen LogP contribution in [0.15, 0.2) is 51.3 Å². The van der Waals surface area contributed by atoms with E-state index < -0.39 is 0 Å². The van der Waals surface area contributed by atoms with Crippen molar-refractivity contribution in [2.75, 3.05) is 5.43 Å². The van der Waals surface area contributed by atoms with Crippen molar-refractivity contribution in [3.63, 3.8) is 0 Å². The minimum absolute atomic E-state index is 0.427. The van der Waals surface area contributed by atoms with Gasteiger partial charge in [0.1, 0.15) is 12.2 Å². The minimum Gasteiger partial charge on any atom is -0.385 e. The third-order valence-corrected chi connectivity index (χ3v) is 2.48. The molecule has 8 heteroatoms. The van der Waals surface area contributed by atoms with E-state index in [2.05, 4.69) is 35.9 Å². The van der Waals surface area contributed by atoms with Crippen molar-refractivity contribution in [2.24, 2.45) is 26.3 Å². The molecule has 1 aromatic carbocycles. The number of hydrogen-bond donors (Lipinski definition) is 2. The lowest BCUT2D eigenvalue weighted by Gasteiger charge is -2.00. The summed E-state index contributed by atoms with van der Waals surface area (Å²) in [5.74, 6) is 0.922. The lowest BCUT2D eigenvalue weighted by molar-refractivity contribution is 1.13. The van der Waals surface area contributed by atoms with Crippen LogP contribution in [-0.4, -0.2) is 21.6 Å². The maximum absolute atomic E-state index is 5.47. The van der Waals surface area contributed by atoms with Gasteiger partial charge >= 0.3 is 0 Å². The fourth-order valence-corrected chi connectivity index (χ4v) is 1.60. The first-order valence-corrected chi connectivity index (χ1v) is 5.57. The van der Waals surface area contributed by atoms with Crippen LogP contribution in [0.25, 0.3) is 10.9 Å². The number of nitrogens with zero attached hydrogens (tertiary/aromatic N) is 6. The largest absolute Gasteiger partial charge is 0.385 e. The van der Waals surface area contributed by atoms with E-state index in [0.717, 1.165) is 16.6 Å². The van der Waals surface area contributed by atoms with Crippen molar-refractivity contribution in [3.8, 4) is 0 Å². The molecule has 0 saturated carbocycles. The molecule has 1 aliphatic heterocycles. The summed E-state index contributed by atoms with van der Waals surface area (Å²) in [6.07, 6.45) is 3.68. The Hall–Kier alpha value is -2.90. The van der Waals surface area contributed by atoms with Gasteiger partial charge in [-0.2, -0.15) is 0 Å². The molecule has 0 amide bonds. The molecule has 0 atom stereocenters. The normalized spacial score (nSPS) is 14.7. The van der Waals surface area contributed by atoms with Crippen molar-refractivity contribution in [1.82, 2.24) is 9.97 Å². The zero-order valence-electron chi connectivity index (χ0n) is 9.85. The molecular formula is C11H10N8. The van der Waals surface area contributed by atoms with Crippen molar-refractivity contribution >= 4 is 28.3 Å². The van der Waals surface area contributed by atoms with Crippen molar-refractivity contribution < 1.29 is 0 Å². The molecule has 0 aliphatic carbocycles. The monoisotopic (exact) mass is 254 g/mol. The van der Waals surface area contributed by atoms with Gasteiger partial charge in [-0.05, 0) is 18.2 Å². The summed E-state index contributed by atoms with van der Waals surface area (Å²) in [6.45, 7) is 0. The highest BCUT2D eigenvalue weighted by molar-refractivity contribution is 6.04. The first kappa shape index (κ1) is 11.2. The molecule has 1 aliphatic rings. The van der Waals surface area contributed by atoms with Gasteiger partial charge < -0.3 is 5.73 Å². The maximum Gasteiger partial charge on any atom is 0.182 e. The summed E-state index contributed by atoms with van der Waals surface area (Å²) in [5.41, 5.74) is 9.94. The van der Waals surface area contributed by atoms with Crippen LogP contribution in [0.4, 0.5) is 5.69 Å². The Morgan fingerprint density at radius 1 is 1.26 bits per heavy atom. The Labute approximate surface area is 108 Å². The second-order valence-electron chi connectivity index (χ2n) is 3.89. The quantitative estimate of drug-likeness (QED) is 0.624. The average molecular weight is 254 g/mol. The number of nitrogens with one attached hydrogen (secondary N) is 1. The first-order valence-electron chi connectivity index (χ1n) is 5.57. The van der Waals surface area contributed by atoms with Crippen LogP contribution in [0.3, 0.4) is 0 Å². The number of aromatic nitrogens is 2. The second kappa shape index (κ2) is 4.77. The highest BCUT2D eigenvalue weighted by Gasteiger charge is 2.07. The van der Waals surface area contributed by atoms with Crippen LogP contribution in [0, 0.1) is 0 Å². The molecule has 2 aromatic rings. The fourth-order valence-electron chi connectivity index (χ4n) is 1.60. The number of amidine groups is 2. The molecule has 3 rings (SSSR count). The SMILES string of the molecule is NC1=NN=C(N=NNc2ccc3ncncc3c2)C1. The molecular weight excluding hydrogens is 244 g/mol. The highest BCUT2D eigenvalue weighted by atomic mass is 15.4. The van der Waals surface area contributed by atoms with Gasteiger partial charge in [0.2, 0.25) is 0 Å². The molecule has 0 spiro atoms. The van der Waals surface area contributed by atoms with Gasteiger partial charge in [0, 0.05) is 11.6 Å². The van der Waals surface area contributed by atoms with Gasteiger partial charge in [0.15, 0.2) is 5.84 Å². The van der Waals surface area contributed by atoms with Crippen LogP contribution in [-0.2, 0) is 0 Å². The Bertz CT molecular complexity index is 703. The van der Waals surface area contributed by atoms with Crippen molar-refractivity contribution in [3.05, 3.63) is 30.7 Å². The Morgan fingerprint density at radius 2 is 2.21 bits per heavy atom. The van der Waals surface area contributed by atoms with Gasteiger partial charge in [-0.15, -0.1) is 15.3 Å². The van der Waals surface area contributed by atoms with E-state index in [4.69, 9.17) is 5.73 Å². The van der Waals surface area contributed by atoms with Gasteiger partial charge in [0.25, 0.3) is 0 Å². The summed E-state index contributed by atoms with van der Waals surface area (Å²) >= 11 is 0. The molecule has 1 aromatic heterocycles. The third-order valence-electron chi connectivity index (χ3n) is 2.48. The number of nitrogens with two attached hydrogens (primary N) is 1. The smallest absolute Gasteiger partial charge is 0.182 e. The minimum atomic E-state index is 0.427. The number of hydrogen-bond acceptors (Lipinski definition) is 7. The van der Waals surface area contributed by atoms with Gasteiger partial charge in [0.05, 0.1) is 17.6 Å². The molecule has 8 nitrogen and oxygen atoms in total. The number of rotatable bonds is 2. The average Bonchev–Trinajstić information content (AvgIpc) is 2.84. The predicted octanol–water partition coefficient (Wildman–Crippen LogP) is 1.48. The molecule has 94 valence electrons. The third kappa shape index (κ3) is 2.51. The molecule has 19 heavy (non-hydrogen) atoms. The van der Waals surface area contributed by atoms with Gasteiger partial charge in [-0.3, -0.25) is 5.43 Å². The van der Waals surface area contributed by atoms with Crippen molar-refractivity contribution in [1.29, 1.82) is 0 Å². The molecule has 0 bridgehead atoms. The molecule has 0 unspecified atom stereocenters. The second-order valence-corrected chi connectivity index (χ2v) is 3.89. The van der Waals surface area contributed by atoms with E-state index in [1.165, 1.54) is 6.33 Å². The summed E-state index contributed by atoms with van der Waals surface area (Å²) in [6, 6.07) is 5.62. The summed E-state index contributed by atoms with van der Waals surface area (Å²) < 4.78 is 0. The fraction of sp³-hybridized carbons (Fsp3) is 0.0909. The number of fused-ring (bicyclic) bond motifs is 1. The predicted molar refractivity (Wildman–Crippen MR) is 71.7 cm³/mol. The number of benzene rings is 1. The van der Waals surface area contributed by atoms with E-state index in [9.17, 15) is 0 Å². The zero-order chi connectivity index (χ0) is 13.1. The summed E-state index contributed by atoms with van der Waals surface area (Å²) in [4.78, 5) is 8.10. The Morgan fingerprint density at radius 3 is 3.05 bits per heavy atom.